The first-order valence-corrected chi connectivity index (χ1v) is 4.91. The zero-order valence-corrected chi connectivity index (χ0v) is 7.93. The first-order chi connectivity index (χ1) is 6.33. The lowest BCUT2D eigenvalue weighted by Crippen LogP contribution is -2.16. The lowest BCUT2D eigenvalue weighted by molar-refractivity contribution is -0.120. The molecule has 0 aliphatic rings. The molecule has 0 aliphatic heterocycles. The average molecular weight is 194 g/mol. The van der Waals surface area contributed by atoms with E-state index in [1.807, 2.05) is 17.5 Å². The normalized spacial score (nSPS) is 9.15. The van der Waals surface area contributed by atoms with E-state index in [0.717, 1.165) is 12.8 Å². The fraction of sp³-hybridized carbons (Fsp3) is 0.333. The molecule has 1 aromatic rings. The van der Waals surface area contributed by atoms with E-state index in [1.165, 1.54) is 4.88 Å². The van der Waals surface area contributed by atoms with Gasteiger partial charge in [0.1, 0.15) is 0 Å². The van der Waals surface area contributed by atoms with Gasteiger partial charge in [-0.15, -0.1) is 11.3 Å². The van der Waals surface area contributed by atoms with Crippen molar-refractivity contribution in [2.24, 2.45) is 0 Å². The highest BCUT2D eigenvalue weighted by molar-refractivity contribution is 7.09. The molecule has 68 valence electrons. The van der Waals surface area contributed by atoms with Gasteiger partial charge >= 0.3 is 0 Å². The van der Waals surface area contributed by atoms with E-state index in [4.69, 9.17) is 5.26 Å². The Morgan fingerprint density at radius 3 is 3.15 bits per heavy atom. The fourth-order valence-electron chi connectivity index (χ4n) is 1.00. The zero-order chi connectivity index (χ0) is 9.52. The van der Waals surface area contributed by atoms with Crippen LogP contribution in [0.15, 0.2) is 17.5 Å². The molecular weight excluding hydrogens is 184 g/mol. The van der Waals surface area contributed by atoms with Gasteiger partial charge in [-0.2, -0.15) is 5.26 Å². The summed E-state index contributed by atoms with van der Waals surface area (Å²) in [4.78, 5) is 12.1. The summed E-state index contributed by atoms with van der Waals surface area (Å²) in [7, 11) is 0. The maximum atomic E-state index is 10.8. The topological polar surface area (TPSA) is 52.9 Å². The highest BCUT2D eigenvalue weighted by Gasteiger charge is 2.00. The Balaban J connectivity index is 2.15. The Morgan fingerprint density at radius 2 is 2.54 bits per heavy atom. The van der Waals surface area contributed by atoms with Crippen molar-refractivity contribution in [3.05, 3.63) is 22.4 Å². The van der Waals surface area contributed by atoms with Gasteiger partial charge in [0.05, 0.1) is 0 Å². The number of hydrogen-bond acceptors (Lipinski definition) is 3. The second-order valence-corrected chi connectivity index (χ2v) is 3.63. The lowest BCUT2D eigenvalue weighted by Gasteiger charge is -1.96. The van der Waals surface area contributed by atoms with Crippen LogP contribution < -0.4 is 5.32 Å². The van der Waals surface area contributed by atoms with E-state index < -0.39 is 0 Å². The number of nitriles is 1. The number of thiophene rings is 1. The number of carbonyl (C=O) groups excluding carboxylic acids is 1. The van der Waals surface area contributed by atoms with Gasteiger partial charge in [-0.05, 0) is 24.3 Å². The van der Waals surface area contributed by atoms with Gasteiger partial charge in [-0.3, -0.25) is 10.1 Å². The van der Waals surface area contributed by atoms with Crippen LogP contribution in [0.1, 0.15) is 17.7 Å². The first-order valence-electron chi connectivity index (χ1n) is 4.03. The monoisotopic (exact) mass is 194 g/mol. The largest absolute Gasteiger partial charge is 0.274 e. The third-order valence-corrected chi connectivity index (χ3v) is 2.54. The third-order valence-electron chi connectivity index (χ3n) is 1.60. The molecule has 1 heterocycles. The molecule has 0 bridgehead atoms. The van der Waals surface area contributed by atoms with Crippen LogP contribution in [0, 0.1) is 11.5 Å². The highest BCUT2D eigenvalue weighted by atomic mass is 32.1. The molecule has 1 N–H and O–H groups in total. The summed E-state index contributed by atoms with van der Waals surface area (Å²) in [6.45, 7) is 0. The number of aryl methyl sites for hydroxylation is 1. The quantitative estimate of drug-likeness (QED) is 0.585. The van der Waals surface area contributed by atoms with Gasteiger partial charge in [-0.25, -0.2) is 0 Å². The second-order valence-electron chi connectivity index (χ2n) is 2.59. The molecule has 13 heavy (non-hydrogen) atoms. The number of hydrogen-bond donors (Lipinski definition) is 1. The molecule has 0 saturated heterocycles. The lowest BCUT2D eigenvalue weighted by atomic mass is 10.2. The van der Waals surface area contributed by atoms with Crippen LogP contribution >= 0.6 is 11.3 Å². The van der Waals surface area contributed by atoms with Crippen LogP contribution in [0.3, 0.4) is 0 Å². The molecule has 0 aliphatic carbocycles. The van der Waals surface area contributed by atoms with Crippen molar-refractivity contribution in [3.8, 4) is 6.19 Å². The predicted octanol–water partition coefficient (Wildman–Crippen LogP) is 1.67. The number of nitrogens with one attached hydrogen (secondary N) is 1. The second kappa shape index (κ2) is 5.33. The predicted molar refractivity (Wildman–Crippen MR) is 51.0 cm³/mol. The number of nitrogens with zero attached hydrogens (tertiary/aromatic N) is 1. The molecule has 0 spiro atoms. The van der Waals surface area contributed by atoms with Crippen molar-refractivity contribution in [2.45, 2.75) is 19.3 Å². The summed E-state index contributed by atoms with van der Waals surface area (Å²) in [5.74, 6) is -0.195. The van der Waals surface area contributed by atoms with Crippen molar-refractivity contribution in [1.29, 1.82) is 5.26 Å². The summed E-state index contributed by atoms with van der Waals surface area (Å²) >= 11 is 1.69. The molecule has 4 heteroatoms. The van der Waals surface area contributed by atoms with Gasteiger partial charge in [0.25, 0.3) is 0 Å². The van der Waals surface area contributed by atoms with Crippen molar-refractivity contribution in [2.75, 3.05) is 0 Å². The van der Waals surface area contributed by atoms with Crippen LogP contribution in [0.4, 0.5) is 0 Å². The van der Waals surface area contributed by atoms with Crippen molar-refractivity contribution >= 4 is 17.2 Å². The molecular formula is C9H10N2OS. The Hall–Kier alpha value is -1.34. The molecule has 0 aromatic carbocycles. The van der Waals surface area contributed by atoms with Gasteiger partial charge in [0, 0.05) is 11.3 Å². The van der Waals surface area contributed by atoms with Crippen molar-refractivity contribution in [1.82, 2.24) is 5.32 Å². The minimum atomic E-state index is -0.195. The van der Waals surface area contributed by atoms with Crippen LogP contribution in [0.2, 0.25) is 0 Å². The van der Waals surface area contributed by atoms with Crippen molar-refractivity contribution in [3.63, 3.8) is 0 Å². The number of rotatable bonds is 4. The molecule has 1 amide bonds. The van der Waals surface area contributed by atoms with Gasteiger partial charge in [0.2, 0.25) is 5.91 Å². The fourth-order valence-corrected chi connectivity index (χ4v) is 1.75. The van der Waals surface area contributed by atoms with Crippen LogP contribution in [-0.2, 0) is 11.2 Å². The standard InChI is InChI=1S/C9H10N2OS/c10-7-11-9(12)5-1-3-8-4-2-6-13-8/h2,4,6H,1,3,5H2,(H,11,12). The molecule has 0 radical (unpaired) electrons. The van der Waals surface area contributed by atoms with Crippen LogP contribution in [0.25, 0.3) is 0 Å². The maximum Gasteiger partial charge on any atom is 0.232 e. The molecule has 3 nitrogen and oxygen atoms in total. The molecule has 0 fully saturated rings. The first kappa shape index (κ1) is 9.75. The van der Waals surface area contributed by atoms with E-state index in [1.54, 1.807) is 17.5 Å². The summed E-state index contributed by atoms with van der Waals surface area (Å²) < 4.78 is 0. The summed E-state index contributed by atoms with van der Waals surface area (Å²) in [6.07, 6.45) is 3.75. The van der Waals surface area contributed by atoms with Gasteiger partial charge in [-0.1, -0.05) is 6.07 Å². The molecule has 0 atom stereocenters. The summed E-state index contributed by atoms with van der Waals surface area (Å²) in [5, 5.41) is 12.3. The average Bonchev–Trinajstić information content (AvgIpc) is 2.57. The van der Waals surface area contributed by atoms with Gasteiger partial charge < -0.3 is 0 Å². The van der Waals surface area contributed by atoms with E-state index in [0.29, 0.717) is 6.42 Å². The smallest absolute Gasteiger partial charge is 0.232 e. The molecule has 1 aromatic heterocycles. The van der Waals surface area contributed by atoms with E-state index >= 15 is 0 Å². The molecule has 0 unspecified atom stereocenters. The number of amides is 1. The molecule has 1 rings (SSSR count). The Bertz CT molecular complexity index is 300. The highest BCUT2D eigenvalue weighted by Crippen LogP contribution is 2.11. The minimum absolute atomic E-state index is 0.195. The summed E-state index contributed by atoms with van der Waals surface area (Å²) in [5.41, 5.74) is 0. The zero-order valence-electron chi connectivity index (χ0n) is 7.12. The van der Waals surface area contributed by atoms with Gasteiger partial charge in [0.15, 0.2) is 6.19 Å². The molecule has 0 saturated carbocycles. The third kappa shape index (κ3) is 3.72. The Morgan fingerprint density at radius 1 is 1.69 bits per heavy atom. The van der Waals surface area contributed by atoms with Crippen LogP contribution in [0.5, 0.6) is 0 Å². The Labute approximate surface area is 81.0 Å². The van der Waals surface area contributed by atoms with E-state index in [2.05, 4.69) is 5.32 Å². The number of carbonyl (C=O) groups is 1. The Kier molecular flexibility index (Phi) is 4.00. The SMILES string of the molecule is N#CNC(=O)CCCc1cccs1. The maximum absolute atomic E-state index is 10.8. The minimum Gasteiger partial charge on any atom is -0.274 e. The van der Waals surface area contributed by atoms with Crippen molar-refractivity contribution < 1.29 is 4.79 Å². The van der Waals surface area contributed by atoms with E-state index in [-0.39, 0.29) is 5.91 Å². The van der Waals surface area contributed by atoms with Crippen LogP contribution in [-0.4, -0.2) is 5.91 Å². The summed E-state index contributed by atoms with van der Waals surface area (Å²) in [6, 6.07) is 4.04. The van der Waals surface area contributed by atoms with E-state index in [9.17, 15) is 4.79 Å².